The van der Waals surface area contributed by atoms with E-state index >= 15 is 0 Å². The molecule has 1 saturated heterocycles. The second-order valence-corrected chi connectivity index (χ2v) is 6.01. The van der Waals surface area contributed by atoms with E-state index in [9.17, 15) is 4.79 Å². The summed E-state index contributed by atoms with van der Waals surface area (Å²) in [5.74, 6) is 0.442. The number of ether oxygens (including phenoxy) is 1. The molecule has 0 saturated carbocycles. The maximum absolute atomic E-state index is 12.5. The predicted molar refractivity (Wildman–Crippen MR) is 94.5 cm³/mol. The van der Waals surface area contributed by atoms with Gasteiger partial charge in [-0.3, -0.25) is 9.78 Å². The molecule has 0 aromatic carbocycles. The van der Waals surface area contributed by atoms with Crippen LogP contribution in [0.2, 0.25) is 0 Å². The molecule has 7 nitrogen and oxygen atoms in total. The Morgan fingerprint density at radius 2 is 2.00 bits per heavy atom. The Bertz CT molecular complexity index is 714. The Kier molecular flexibility index (Phi) is 5.55. The summed E-state index contributed by atoms with van der Waals surface area (Å²) >= 11 is 0. The minimum Gasteiger partial charge on any atom is -0.378 e. The fraction of sp³-hybridized carbons (Fsp3) is 0.444. The van der Waals surface area contributed by atoms with Crippen LogP contribution >= 0.6 is 0 Å². The van der Waals surface area contributed by atoms with Crippen molar-refractivity contribution in [2.24, 2.45) is 0 Å². The first kappa shape index (κ1) is 17.3. The number of hydrogen-bond acceptors (Lipinski definition) is 6. The van der Waals surface area contributed by atoms with Gasteiger partial charge in [0.1, 0.15) is 0 Å². The van der Waals surface area contributed by atoms with E-state index in [1.807, 2.05) is 26.0 Å². The predicted octanol–water partition coefficient (Wildman–Crippen LogP) is 1.90. The summed E-state index contributed by atoms with van der Waals surface area (Å²) in [5.41, 5.74) is 2.40. The van der Waals surface area contributed by atoms with Crippen molar-refractivity contribution >= 4 is 11.9 Å². The summed E-state index contributed by atoms with van der Waals surface area (Å²) in [6.07, 6.45) is 5.66. The molecule has 2 aromatic rings. The molecule has 2 aromatic heterocycles. The number of nitrogens with one attached hydrogen (secondary N) is 1. The molecule has 0 spiro atoms. The average Bonchev–Trinajstić information content (AvgIpc) is 2.67. The monoisotopic (exact) mass is 341 g/mol. The molecule has 7 heteroatoms. The highest BCUT2D eigenvalue weighted by Crippen LogP contribution is 2.18. The third-order valence-corrected chi connectivity index (χ3v) is 4.29. The van der Waals surface area contributed by atoms with E-state index in [0.717, 1.165) is 30.8 Å². The second-order valence-electron chi connectivity index (χ2n) is 6.01. The molecule has 1 atom stereocenters. The van der Waals surface area contributed by atoms with Gasteiger partial charge in [0.05, 0.1) is 30.5 Å². The van der Waals surface area contributed by atoms with Crippen LogP contribution in [0.5, 0.6) is 0 Å². The Morgan fingerprint density at radius 1 is 1.28 bits per heavy atom. The lowest BCUT2D eigenvalue weighted by Crippen LogP contribution is -2.37. The van der Waals surface area contributed by atoms with E-state index in [-0.39, 0.29) is 11.9 Å². The first-order valence-electron chi connectivity index (χ1n) is 8.56. The summed E-state index contributed by atoms with van der Waals surface area (Å²) in [4.78, 5) is 27.7. The minimum atomic E-state index is -0.189. The van der Waals surface area contributed by atoms with Crippen LogP contribution in [-0.4, -0.2) is 47.2 Å². The average molecular weight is 341 g/mol. The maximum Gasteiger partial charge on any atom is 0.254 e. The quantitative estimate of drug-likeness (QED) is 0.895. The highest BCUT2D eigenvalue weighted by Gasteiger charge is 2.18. The van der Waals surface area contributed by atoms with Gasteiger partial charge in [-0.05, 0) is 25.0 Å². The van der Waals surface area contributed by atoms with Gasteiger partial charge in [0.25, 0.3) is 5.91 Å². The summed E-state index contributed by atoms with van der Waals surface area (Å²) in [5, 5.41) is 3.02. The molecule has 1 aliphatic rings. The standard InChI is InChI=1S/C18H23N5O2/c1-3-15(16-13(2)5-4-6-19-16)22-17(24)14-11-20-18(21-12-14)23-7-9-25-10-8-23/h4-6,11-12,15H,3,7-10H2,1-2H3,(H,22,24). The molecular formula is C18H23N5O2. The SMILES string of the molecule is CCC(NC(=O)c1cnc(N2CCOCC2)nc1)c1ncccc1C. The zero-order chi connectivity index (χ0) is 17.6. The number of nitrogens with zero attached hydrogens (tertiary/aromatic N) is 4. The van der Waals surface area contributed by atoms with Crippen molar-refractivity contribution in [1.82, 2.24) is 20.3 Å². The number of morpholine rings is 1. The molecule has 1 fully saturated rings. The molecule has 1 aliphatic heterocycles. The number of anilines is 1. The van der Waals surface area contributed by atoms with Crippen LogP contribution in [0.3, 0.4) is 0 Å². The number of pyridine rings is 1. The first-order chi connectivity index (χ1) is 12.2. The number of hydrogen-bond donors (Lipinski definition) is 1. The third kappa shape index (κ3) is 4.11. The van der Waals surface area contributed by atoms with E-state index in [4.69, 9.17) is 4.74 Å². The van der Waals surface area contributed by atoms with Crippen molar-refractivity contribution in [2.45, 2.75) is 26.3 Å². The van der Waals surface area contributed by atoms with Gasteiger partial charge in [-0.25, -0.2) is 9.97 Å². The van der Waals surface area contributed by atoms with Crippen LogP contribution in [0.15, 0.2) is 30.7 Å². The summed E-state index contributed by atoms with van der Waals surface area (Å²) < 4.78 is 5.32. The van der Waals surface area contributed by atoms with Gasteiger partial charge in [0.15, 0.2) is 0 Å². The van der Waals surface area contributed by atoms with E-state index < -0.39 is 0 Å². The number of amides is 1. The Balaban J connectivity index is 1.69. The Morgan fingerprint density at radius 3 is 2.64 bits per heavy atom. The molecule has 0 aliphatic carbocycles. The van der Waals surface area contributed by atoms with Crippen molar-refractivity contribution < 1.29 is 9.53 Å². The van der Waals surface area contributed by atoms with Gasteiger partial charge in [-0.15, -0.1) is 0 Å². The van der Waals surface area contributed by atoms with Crippen molar-refractivity contribution in [3.8, 4) is 0 Å². The maximum atomic E-state index is 12.5. The van der Waals surface area contributed by atoms with E-state index in [1.165, 1.54) is 0 Å². The number of carbonyl (C=O) groups excluding carboxylic acids is 1. The number of rotatable bonds is 5. The van der Waals surface area contributed by atoms with E-state index in [0.29, 0.717) is 24.7 Å². The molecule has 132 valence electrons. The van der Waals surface area contributed by atoms with Gasteiger partial charge in [0.2, 0.25) is 5.95 Å². The number of carbonyl (C=O) groups is 1. The molecule has 1 N–H and O–H groups in total. The van der Waals surface area contributed by atoms with Crippen LogP contribution in [0.4, 0.5) is 5.95 Å². The topological polar surface area (TPSA) is 80.2 Å². The van der Waals surface area contributed by atoms with Crippen LogP contribution in [-0.2, 0) is 4.74 Å². The van der Waals surface area contributed by atoms with Gasteiger partial charge < -0.3 is 15.0 Å². The van der Waals surface area contributed by atoms with Crippen molar-refractivity contribution in [3.05, 3.63) is 47.5 Å². The fourth-order valence-electron chi connectivity index (χ4n) is 2.83. The zero-order valence-electron chi connectivity index (χ0n) is 14.6. The lowest BCUT2D eigenvalue weighted by atomic mass is 10.1. The molecule has 1 amide bonds. The second kappa shape index (κ2) is 8.02. The smallest absolute Gasteiger partial charge is 0.254 e. The van der Waals surface area contributed by atoms with Gasteiger partial charge in [-0.2, -0.15) is 0 Å². The van der Waals surface area contributed by atoms with Crippen molar-refractivity contribution in [2.75, 3.05) is 31.2 Å². The highest BCUT2D eigenvalue weighted by molar-refractivity contribution is 5.93. The molecular weight excluding hydrogens is 318 g/mol. The number of aryl methyl sites for hydroxylation is 1. The van der Waals surface area contributed by atoms with Crippen LogP contribution in [0, 0.1) is 6.92 Å². The molecule has 3 heterocycles. The van der Waals surface area contributed by atoms with Crippen molar-refractivity contribution in [3.63, 3.8) is 0 Å². The molecule has 0 bridgehead atoms. The molecule has 0 radical (unpaired) electrons. The van der Waals surface area contributed by atoms with Gasteiger partial charge in [0, 0.05) is 31.7 Å². The first-order valence-corrected chi connectivity index (χ1v) is 8.56. The van der Waals surface area contributed by atoms with Crippen LogP contribution in [0.1, 0.15) is 41.0 Å². The Labute approximate surface area is 147 Å². The molecule has 25 heavy (non-hydrogen) atoms. The van der Waals surface area contributed by atoms with Crippen LogP contribution in [0.25, 0.3) is 0 Å². The lowest BCUT2D eigenvalue weighted by molar-refractivity contribution is 0.0933. The van der Waals surface area contributed by atoms with Gasteiger partial charge >= 0.3 is 0 Å². The van der Waals surface area contributed by atoms with Gasteiger partial charge in [-0.1, -0.05) is 13.0 Å². The van der Waals surface area contributed by atoms with E-state index in [2.05, 4.69) is 25.2 Å². The summed E-state index contributed by atoms with van der Waals surface area (Å²) in [7, 11) is 0. The highest BCUT2D eigenvalue weighted by atomic mass is 16.5. The van der Waals surface area contributed by atoms with Crippen LogP contribution < -0.4 is 10.2 Å². The van der Waals surface area contributed by atoms with E-state index in [1.54, 1.807) is 18.6 Å². The van der Waals surface area contributed by atoms with Crippen molar-refractivity contribution in [1.29, 1.82) is 0 Å². The largest absolute Gasteiger partial charge is 0.378 e. The lowest BCUT2D eigenvalue weighted by Gasteiger charge is -2.26. The summed E-state index contributed by atoms with van der Waals surface area (Å²) in [6, 6.07) is 3.76. The number of aromatic nitrogens is 3. The Hall–Kier alpha value is -2.54. The zero-order valence-corrected chi connectivity index (χ0v) is 14.6. The third-order valence-electron chi connectivity index (χ3n) is 4.29. The molecule has 3 rings (SSSR count). The molecule has 1 unspecified atom stereocenters. The minimum absolute atomic E-state index is 0.132. The fourth-order valence-corrected chi connectivity index (χ4v) is 2.83. The normalized spacial score (nSPS) is 15.7. The summed E-state index contributed by atoms with van der Waals surface area (Å²) in [6.45, 7) is 6.90.